The van der Waals surface area contributed by atoms with E-state index < -0.39 is 17.3 Å². The number of primary amides is 1. The van der Waals surface area contributed by atoms with Gasteiger partial charge < -0.3 is 21.0 Å². The van der Waals surface area contributed by atoms with Crippen LogP contribution < -0.4 is 11.1 Å². The summed E-state index contributed by atoms with van der Waals surface area (Å²) < 4.78 is 14.7. The zero-order valence-electron chi connectivity index (χ0n) is 15.9. The Kier molecular flexibility index (Phi) is 5.76. The Morgan fingerprint density at radius 2 is 2.07 bits per heavy atom. The lowest BCUT2D eigenvalue weighted by Crippen LogP contribution is -2.15. The fraction of sp³-hybridized carbons (Fsp3) is 0.190. The van der Waals surface area contributed by atoms with Crippen molar-refractivity contribution in [3.63, 3.8) is 0 Å². The molecule has 0 aliphatic carbocycles. The smallest absolute Gasteiger partial charge is 0.251 e. The van der Waals surface area contributed by atoms with Crippen molar-refractivity contribution >= 4 is 34.3 Å². The molecule has 29 heavy (non-hydrogen) atoms. The molecular formula is C21H20FN3O3S. The number of benzene rings is 1. The Morgan fingerprint density at radius 3 is 2.69 bits per heavy atom. The van der Waals surface area contributed by atoms with E-state index >= 15 is 0 Å². The average Bonchev–Trinajstić information content (AvgIpc) is 3.05. The number of thiophene rings is 1. The molecule has 0 radical (unpaired) electrons. The van der Waals surface area contributed by atoms with Crippen LogP contribution in [0, 0.1) is 5.82 Å². The summed E-state index contributed by atoms with van der Waals surface area (Å²) in [5.74, 6) is -0.731. The normalized spacial score (nSPS) is 11.3. The van der Waals surface area contributed by atoms with Gasteiger partial charge in [0.25, 0.3) is 5.91 Å². The van der Waals surface area contributed by atoms with Gasteiger partial charge in [-0.3, -0.25) is 4.79 Å². The van der Waals surface area contributed by atoms with E-state index in [0.29, 0.717) is 32.5 Å². The molecule has 3 rings (SSSR count). The molecule has 0 saturated heterocycles. The molecule has 6 nitrogen and oxygen atoms in total. The molecule has 2 heterocycles. The maximum absolute atomic E-state index is 14.7. The number of aldehydes is 1. The minimum Gasteiger partial charge on any atom is -0.386 e. The third-order valence-electron chi connectivity index (χ3n) is 4.28. The van der Waals surface area contributed by atoms with Crippen LogP contribution in [-0.4, -0.2) is 22.3 Å². The maximum atomic E-state index is 14.7. The summed E-state index contributed by atoms with van der Waals surface area (Å²) in [5.41, 5.74) is 5.85. The number of nitrogens with one attached hydrogen (secondary N) is 1. The van der Waals surface area contributed by atoms with Crippen molar-refractivity contribution < 1.29 is 19.1 Å². The SMILES string of the molecule is CC(C)(O)c1ccc(-c2cc(C(N)=O)c(Nc3cccc(CC=O)n3)s2)c(F)c1. The third-order valence-corrected chi connectivity index (χ3v) is 5.36. The molecular weight excluding hydrogens is 393 g/mol. The number of anilines is 2. The van der Waals surface area contributed by atoms with Gasteiger partial charge in [-0.15, -0.1) is 11.3 Å². The molecule has 0 atom stereocenters. The number of nitrogens with two attached hydrogens (primary N) is 1. The van der Waals surface area contributed by atoms with Gasteiger partial charge in [-0.1, -0.05) is 18.2 Å². The number of hydrogen-bond acceptors (Lipinski definition) is 6. The molecule has 150 valence electrons. The maximum Gasteiger partial charge on any atom is 0.251 e. The zero-order valence-corrected chi connectivity index (χ0v) is 16.7. The quantitative estimate of drug-likeness (QED) is 0.512. The number of nitrogens with zero attached hydrogens (tertiary/aromatic N) is 1. The minimum atomic E-state index is -1.17. The average molecular weight is 413 g/mol. The van der Waals surface area contributed by atoms with Gasteiger partial charge in [0.2, 0.25) is 0 Å². The highest BCUT2D eigenvalue weighted by molar-refractivity contribution is 7.19. The first-order valence-electron chi connectivity index (χ1n) is 8.82. The fourth-order valence-corrected chi connectivity index (χ4v) is 3.86. The number of rotatable bonds is 7. The molecule has 1 amide bonds. The lowest BCUT2D eigenvalue weighted by atomic mass is 9.96. The van der Waals surface area contributed by atoms with E-state index in [1.165, 1.54) is 12.1 Å². The molecule has 0 bridgehead atoms. The minimum absolute atomic E-state index is 0.173. The van der Waals surface area contributed by atoms with Gasteiger partial charge in [0.05, 0.1) is 11.2 Å². The van der Waals surface area contributed by atoms with Crippen LogP contribution >= 0.6 is 11.3 Å². The molecule has 0 fully saturated rings. The van der Waals surface area contributed by atoms with E-state index in [1.807, 2.05) is 0 Å². The summed E-state index contributed by atoms with van der Waals surface area (Å²) in [5, 5.41) is 13.5. The number of carbonyl (C=O) groups excluding carboxylic acids is 2. The van der Waals surface area contributed by atoms with Gasteiger partial charge in [0, 0.05) is 22.6 Å². The van der Waals surface area contributed by atoms with Crippen LogP contribution in [0.3, 0.4) is 0 Å². The van der Waals surface area contributed by atoms with Gasteiger partial charge >= 0.3 is 0 Å². The highest BCUT2D eigenvalue weighted by atomic mass is 32.1. The van der Waals surface area contributed by atoms with Crippen molar-refractivity contribution in [3.8, 4) is 10.4 Å². The van der Waals surface area contributed by atoms with Crippen molar-refractivity contribution in [2.45, 2.75) is 25.9 Å². The molecule has 4 N–H and O–H groups in total. The van der Waals surface area contributed by atoms with Crippen molar-refractivity contribution in [2.24, 2.45) is 5.73 Å². The van der Waals surface area contributed by atoms with Gasteiger partial charge in [0.1, 0.15) is 22.9 Å². The van der Waals surface area contributed by atoms with Gasteiger partial charge in [-0.2, -0.15) is 0 Å². The number of hydrogen-bond donors (Lipinski definition) is 3. The summed E-state index contributed by atoms with van der Waals surface area (Å²) in [6.07, 6.45) is 0.928. The molecule has 1 aromatic carbocycles. The Labute approximate surface area is 171 Å². The fourth-order valence-electron chi connectivity index (χ4n) is 2.76. The first kappa shape index (κ1) is 20.6. The Balaban J connectivity index is 1.98. The lowest BCUT2D eigenvalue weighted by molar-refractivity contribution is -0.107. The second-order valence-electron chi connectivity index (χ2n) is 6.98. The van der Waals surface area contributed by atoms with Crippen molar-refractivity contribution in [2.75, 3.05) is 5.32 Å². The molecule has 0 spiro atoms. The van der Waals surface area contributed by atoms with Crippen molar-refractivity contribution in [3.05, 3.63) is 65.1 Å². The topological polar surface area (TPSA) is 105 Å². The molecule has 8 heteroatoms. The van der Waals surface area contributed by atoms with Crippen LogP contribution in [0.25, 0.3) is 10.4 Å². The molecule has 0 aliphatic rings. The van der Waals surface area contributed by atoms with Gasteiger partial charge in [-0.25, -0.2) is 9.37 Å². The number of pyridine rings is 1. The van der Waals surface area contributed by atoms with E-state index in [0.717, 1.165) is 17.6 Å². The van der Waals surface area contributed by atoms with Crippen LogP contribution in [0.2, 0.25) is 0 Å². The zero-order chi connectivity index (χ0) is 21.2. The summed E-state index contributed by atoms with van der Waals surface area (Å²) in [6.45, 7) is 3.15. The number of aliphatic hydroxyl groups is 1. The Hall–Kier alpha value is -3.10. The van der Waals surface area contributed by atoms with Crippen LogP contribution in [0.15, 0.2) is 42.5 Å². The van der Waals surface area contributed by atoms with Gasteiger partial charge in [-0.05, 0) is 43.7 Å². The standard InChI is InChI=1S/C21H20FN3O3S/c1-21(2,28)12-6-7-14(16(22)10-12)17-11-15(19(23)27)20(29-17)25-18-5-3-4-13(24-18)8-9-26/h3-7,9-11,28H,8H2,1-2H3,(H2,23,27)(H,24,25). The number of amides is 1. The first-order chi connectivity index (χ1) is 13.7. The third kappa shape index (κ3) is 4.67. The van der Waals surface area contributed by atoms with Gasteiger partial charge in [0.15, 0.2) is 0 Å². The Bertz CT molecular complexity index is 1070. The monoisotopic (exact) mass is 413 g/mol. The lowest BCUT2D eigenvalue weighted by Gasteiger charge is -2.18. The van der Waals surface area contributed by atoms with Crippen molar-refractivity contribution in [1.29, 1.82) is 0 Å². The van der Waals surface area contributed by atoms with Crippen LogP contribution in [-0.2, 0) is 16.8 Å². The summed E-state index contributed by atoms with van der Waals surface area (Å²) in [6, 6.07) is 11.1. The second-order valence-corrected chi connectivity index (χ2v) is 8.03. The number of halogens is 1. The second kappa shape index (κ2) is 8.10. The highest BCUT2D eigenvalue weighted by Crippen LogP contribution is 2.38. The summed E-state index contributed by atoms with van der Waals surface area (Å²) in [7, 11) is 0. The number of carbonyl (C=O) groups is 2. The molecule has 0 unspecified atom stereocenters. The largest absolute Gasteiger partial charge is 0.386 e. The molecule has 0 saturated carbocycles. The predicted octanol–water partition coefficient (Wildman–Crippen LogP) is 3.76. The first-order valence-corrected chi connectivity index (χ1v) is 9.63. The summed E-state index contributed by atoms with van der Waals surface area (Å²) in [4.78, 5) is 27.4. The van der Waals surface area contributed by atoms with E-state index in [9.17, 15) is 19.1 Å². The van der Waals surface area contributed by atoms with Crippen LogP contribution in [0.4, 0.5) is 15.2 Å². The molecule has 2 aromatic heterocycles. The van der Waals surface area contributed by atoms with E-state index in [-0.39, 0.29) is 12.0 Å². The highest BCUT2D eigenvalue weighted by Gasteiger charge is 2.21. The Morgan fingerprint density at radius 1 is 1.31 bits per heavy atom. The van der Waals surface area contributed by atoms with Crippen molar-refractivity contribution in [1.82, 2.24) is 4.98 Å². The van der Waals surface area contributed by atoms with E-state index in [4.69, 9.17) is 5.73 Å². The summed E-state index contributed by atoms with van der Waals surface area (Å²) >= 11 is 1.16. The van der Waals surface area contributed by atoms with Crippen LogP contribution in [0.1, 0.15) is 35.5 Å². The molecule has 3 aromatic rings. The van der Waals surface area contributed by atoms with Crippen LogP contribution in [0.5, 0.6) is 0 Å². The number of aromatic nitrogens is 1. The predicted molar refractivity (Wildman–Crippen MR) is 111 cm³/mol. The van der Waals surface area contributed by atoms with E-state index in [1.54, 1.807) is 44.2 Å². The molecule has 0 aliphatic heterocycles. The van der Waals surface area contributed by atoms with E-state index in [2.05, 4.69) is 10.3 Å².